The molecule has 0 spiro atoms. The van der Waals surface area contributed by atoms with Gasteiger partial charge in [-0.15, -0.1) is 22.9 Å². The Morgan fingerprint density at radius 3 is 3.00 bits per heavy atom. The smallest absolute Gasteiger partial charge is 0.227 e. The quantitative estimate of drug-likeness (QED) is 0.859. The van der Waals surface area contributed by atoms with Crippen molar-refractivity contribution in [3.05, 3.63) is 39.7 Å². The van der Waals surface area contributed by atoms with Gasteiger partial charge in [0, 0.05) is 5.38 Å². The van der Waals surface area contributed by atoms with Crippen LogP contribution in [0.5, 0.6) is 0 Å². The lowest BCUT2D eigenvalue weighted by molar-refractivity contribution is -0.120. The number of aryl methyl sites for hydroxylation is 1. The average molecular weight is 285 g/mol. The van der Waals surface area contributed by atoms with Gasteiger partial charge in [-0.1, -0.05) is 0 Å². The molecule has 2 aromatic rings. The molecule has 0 unspecified atom stereocenters. The average Bonchev–Trinajstić information content (AvgIpc) is 2.95. The number of rotatable bonds is 5. The minimum absolute atomic E-state index is 0.0699. The molecule has 4 nitrogen and oxygen atoms in total. The van der Waals surface area contributed by atoms with E-state index in [4.69, 9.17) is 16.0 Å². The van der Waals surface area contributed by atoms with Crippen LogP contribution < -0.4 is 5.32 Å². The summed E-state index contributed by atoms with van der Waals surface area (Å²) in [5, 5.41) is 5.43. The number of nitrogens with one attached hydrogen (secondary N) is 1. The second-order valence-corrected chi connectivity index (χ2v) is 5.04. The number of alkyl halides is 1. The SMILES string of the molecule is Cc1ccc(CNC(=O)Cc2nc(CCl)cs2)o1. The molecule has 0 saturated heterocycles. The molecule has 0 radical (unpaired) electrons. The molecular weight excluding hydrogens is 272 g/mol. The molecule has 1 N–H and O–H groups in total. The highest BCUT2D eigenvalue weighted by atomic mass is 35.5. The first-order chi connectivity index (χ1) is 8.67. The molecule has 0 bridgehead atoms. The Labute approximate surface area is 114 Å². The fourth-order valence-electron chi connectivity index (χ4n) is 1.46. The van der Waals surface area contributed by atoms with Crippen molar-refractivity contribution >= 4 is 28.8 Å². The van der Waals surface area contributed by atoms with Crippen LogP contribution in [-0.2, 0) is 23.6 Å². The van der Waals surface area contributed by atoms with Gasteiger partial charge in [-0.05, 0) is 19.1 Å². The molecule has 2 rings (SSSR count). The third-order valence-electron chi connectivity index (χ3n) is 2.30. The van der Waals surface area contributed by atoms with E-state index in [1.807, 2.05) is 24.4 Å². The third kappa shape index (κ3) is 3.58. The summed E-state index contributed by atoms with van der Waals surface area (Å²) in [7, 11) is 0. The molecule has 0 atom stereocenters. The number of amides is 1. The highest BCUT2D eigenvalue weighted by molar-refractivity contribution is 7.09. The van der Waals surface area contributed by atoms with Gasteiger partial charge in [-0.2, -0.15) is 0 Å². The molecule has 2 heterocycles. The molecule has 2 aromatic heterocycles. The first-order valence-corrected chi connectivity index (χ1v) is 6.90. The number of thiazole rings is 1. The van der Waals surface area contributed by atoms with Gasteiger partial charge in [0.05, 0.1) is 24.5 Å². The number of halogens is 1. The van der Waals surface area contributed by atoms with E-state index in [0.717, 1.165) is 22.2 Å². The van der Waals surface area contributed by atoms with E-state index < -0.39 is 0 Å². The Kier molecular flexibility index (Phi) is 4.38. The fourth-order valence-corrected chi connectivity index (χ4v) is 2.48. The zero-order valence-corrected chi connectivity index (χ0v) is 11.5. The van der Waals surface area contributed by atoms with Crippen molar-refractivity contribution in [2.45, 2.75) is 25.8 Å². The summed E-state index contributed by atoms with van der Waals surface area (Å²) in [4.78, 5) is 15.9. The third-order valence-corrected chi connectivity index (χ3v) is 3.48. The molecule has 1 amide bonds. The van der Waals surface area contributed by atoms with Crippen LogP contribution in [0.25, 0.3) is 0 Å². The van der Waals surface area contributed by atoms with Crippen LogP contribution in [0.4, 0.5) is 0 Å². The van der Waals surface area contributed by atoms with Crippen LogP contribution in [0.1, 0.15) is 22.2 Å². The van der Waals surface area contributed by atoms with Gasteiger partial charge in [-0.3, -0.25) is 4.79 Å². The largest absolute Gasteiger partial charge is 0.465 e. The maximum Gasteiger partial charge on any atom is 0.227 e. The monoisotopic (exact) mass is 284 g/mol. The first kappa shape index (κ1) is 13.1. The van der Waals surface area contributed by atoms with Gasteiger partial charge >= 0.3 is 0 Å². The number of aromatic nitrogens is 1. The topological polar surface area (TPSA) is 55.1 Å². The van der Waals surface area contributed by atoms with Crippen molar-refractivity contribution in [3.8, 4) is 0 Å². The Bertz CT molecular complexity index is 536. The van der Waals surface area contributed by atoms with Gasteiger partial charge in [0.1, 0.15) is 16.5 Å². The number of hydrogen-bond acceptors (Lipinski definition) is 4. The minimum Gasteiger partial charge on any atom is -0.465 e. The van der Waals surface area contributed by atoms with Crippen molar-refractivity contribution in [2.75, 3.05) is 0 Å². The van der Waals surface area contributed by atoms with Crippen molar-refractivity contribution in [1.82, 2.24) is 10.3 Å². The Morgan fingerprint density at radius 1 is 1.56 bits per heavy atom. The highest BCUT2D eigenvalue weighted by Gasteiger charge is 2.08. The molecule has 0 aliphatic heterocycles. The summed E-state index contributed by atoms with van der Waals surface area (Å²) >= 11 is 7.10. The standard InChI is InChI=1S/C12H13ClN2O2S/c1-8-2-3-10(17-8)6-14-11(16)4-12-15-9(5-13)7-18-12/h2-3,7H,4-6H2,1H3,(H,14,16). The number of hydrogen-bond donors (Lipinski definition) is 1. The second-order valence-electron chi connectivity index (χ2n) is 3.83. The van der Waals surface area contributed by atoms with Crippen molar-refractivity contribution in [2.24, 2.45) is 0 Å². The van der Waals surface area contributed by atoms with Crippen molar-refractivity contribution in [3.63, 3.8) is 0 Å². The van der Waals surface area contributed by atoms with E-state index in [2.05, 4.69) is 10.3 Å². The lowest BCUT2D eigenvalue weighted by atomic mass is 10.4. The van der Waals surface area contributed by atoms with Crippen molar-refractivity contribution in [1.29, 1.82) is 0 Å². The van der Waals surface area contributed by atoms with Crippen LogP contribution >= 0.6 is 22.9 Å². The van der Waals surface area contributed by atoms with E-state index in [1.165, 1.54) is 11.3 Å². The van der Waals surface area contributed by atoms with Gasteiger partial charge in [0.25, 0.3) is 0 Å². The summed E-state index contributed by atoms with van der Waals surface area (Å²) in [5.41, 5.74) is 0.811. The summed E-state index contributed by atoms with van der Waals surface area (Å²) in [6.45, 7) is 2.27. The van der Waals surface area contributed by atoms with Gasteiger partial charge < -0.3 is 9.73 Å². The van der Waals surface area contributed by atoms with E-state index in [1.54, 1.807) is 0 Å². The zero-order valence-electron chi connectivity index (χ0n) is 9.90. The normalized spacial score (nSPS) is 10.6. The molecule has 0 aliphatic carbocycles. The number of carbonyl (C=O) groups excluding carboxylic acids is 1. The maximum atomic E-state index is 11.7. The van der Waals surface area contributed by atoms with E-state index in [0.29, 0.717) is 12.4 Å². The molecule has 18 heavy (non-hydrogen) atoms. The van der Waals surface area contributed by atoms with E-state index in [-0.39, 0.29) is 12.3 Å². The van der Waals surface area contributed by atoms with Crippen LogP contribution in [0.15, 0.2) is 21.9 Å². The lowest BCUT2D eigenvalue weighted by Gasteiger charge is -2.01. The van der Waals surface area contributed by atoms with Crippen LogP contribution in [-0.4, -0.2) is 10.9 Å². The van der Waals surface area contributed by atoms with E-state index >= 15 is 0 Å². The Hall–Kier alpha value is -1.33. The highest BCUT2D eigenvalue weighted by Crippen LogP contribution is 2.12. The Balaban J connectivity index is 1.81. The second kappa shape index (κ2) is 6.02. The molecule has 0 saturated carbocycles. The van der Waals surface area contributed by atoms with Crippen LogP contribution in [0.2, 0.25) is 0 Å². The summed E-state index contributed by atoms with van der Waals surface area (Å²) in [6.07, 6.45) is 0.279. The van der Waals surface area contributed by atoms with Gasteiger partial charge in [0.2, 0.25) is 5.91 Å². The van der Waals surface area contributed by atoms with Gasteiger partial charge in [-0.25, -0.2) is 4.98 Å². The number of furan rings is 1. The predicted molar refractivity (Wildman–Crippen MR) is 70.7 cm³/mol. The number of carbonyl (C=O) groups is 1. The minimum atomic E-state index is -0.0699. The molecule has 96 valence electrons. The summed E-state index contributed by atoms with van der Waals surface area (Å²) < 4.78 is 5.36. The molecule has 0 fully saturated rings. The van der Waals surface area contributed by atoms with Crippen LogP contribution in [0, 0.1) is 6.92 Å². The first-order valence-electron chi connectivity index (χ1n) is 5.48. The zero-order chi connectivity index (χ0) is 13.0. The maximum absolute atomic E-state index is 11.7. The summed E-state index contributed by atoms with van der Waals surface area (Å²) in [5.74, 6) is 1.90. The van der Waals surface area contributed by atoms with Crippen LogP contribution in [0.3, 0.4) is 0 Å². The number of nitrogens with zero attached hydrogens (tertiary/aromatic N) is 1. The molecule has 0 aliphatic rings. The van der Waals surface area contributed by atoms with Gasteiger partial charge in [0.15, 0.2) is 0 Å². The predicted octanol–water partition coefficient (Wildman–Crippen LogP) is 2.64. The summed E-state index contributed by atoms with van der Waals surface area (Å²) in [6, 6.07) is 3.72. The molecule has 6 heteroatoms. The van der Waals surface area contributed by atoms with E-state index in [9.17, 15) is 4.79 Å². The van der Waals surface area contributed by atoms with Crippen molar-refractivity contribution < 1.29 is 9.21 Å². The lowest BCUT2D eigenvalue weighted by Crippen LogP contribution is -2.24. The fraction of sp³-hybridized carbons (Fsp3) is 0.333. The Morgan fingerprint density at radius 2 is 2.39 bits per heavy atom. The molecule has 0 aromatic carbocycles. The molecular formula is C12H13ClN2O2S.